The molecule has 0 N–H and O–H groups in total. The van der Waals surface area contributed by atoms with E-state index in [9.17, 15) is 18.8 Å². The van der Waals surface area contributed by atoms with Crippen molar-refractivity contribution in [3.8, 4) is 0 Å². The molecule has 7 nitrogen and oxygen atoms in total. The number of carbonyl (C=O) groups is 3. The van der Waals surface area contributed by atoms with Crippen molar-refractivity contribution in [2.45, 2.75) is 6.04 Å². The first-order valence-corrected chi connectivity index (χ1v) is 8.38. The van der Waals surface area contributed by atoms with Crippen LogP contribution >= 0.6 is 0 Å². The second-order valence-corrected chi connectivity index (χ2v) is 6.17. The highest BCUT2D eigenvalue weighted by atomic mass is 19.1. The Balaban J connectivity index is 2.02. The molecule has 2 aliphatic rings. The van der Waals surface area contributed by atoms with Crippen LogP contribution in [0.2, 0.25) is 0 Å². The van der Waals surface area contributed by atoms with E-state index in [4.69, 9.17) is 9.47 Å². The van der Waals surface area contributed by atoms with Gasteiger partial charge < -0.3 is 9.47 Å². The van der Waals surface area contributed by atoms with Crippen molar-refractivity contribution in [3.05, 3.63) is 76.7 Å². The number of carbonyl (C=O) groups excluding carboxylic acids is 3. The van der Waals surface area contributed by atoms with E-state index in [1.807, 2.05) is 0 Å². The number of hydrogen-bond donors (Lipinski definition) is 0. The number of fused-ring (bicyclic) bond motifs is 4. The third-order valence-electron chi connectivity index (χ3n) is 4.75. The van der Waals surface area contributed by atoms with Gasteiger partial charge in [0.15, 0.2) is 5.70 Å². The average molecular weight is 382 g/mol. The Morgan fingerprint density at radius 3 is 2.25 bits per heavy atom. The predicted octanol–water partition coefficient (Wildman–Crippen LogP) is 2.36. The molecule has 2 heterocycles. The van der Waals surface area contributed by atoms with Gasteiger partial charge >= 0.3 is 11.9 Å². The van der Waals surface area contributed by atoms with E-state index in [2.05, 4.69) is 0 Å². The Morgan fingerprint density at radius 1 is 0.964 bits per heavy atom. The van der Waals surface area contributed by atoms with E-state index < -0.39 is 29.7 Å². The third kappa shape index (κ3) is 2.38. The SMILES string of the molecule is COC(=O)C1=C(C(=O)OC)N2C(=O)c3ccccc3C1N2c1ccc(F)cc1. The van der Waals surface area contributed by atoms with Crippen molar-refractivity contribution in [1.29, 1.82) is 0 Å². The Bertz CT molecular complexity index is 1030. The van der Waals surface area contributed by atoms with Gasteiger partial charge in [0.2, 0.25) is 0 Å². The fraction of sp³-hybridized carbons (Fsp3) is 0.150. The number of esters is 2. The molecule has 1 atom stereocenters. The summed E-state index contributed by atoms with van der Waals surface area (Å²) in [5, 5.41) is 2.57. The van der Waals surface area contributed by atoms with Gasteiger partial charge in [-0.2, -0.15) is 0 Å². The number of halogens is 1. The molecular weight excluding hydrogens is 367 g/mol. The lowest BCUT2D eigenvalue weighted by Crippen LogP contribution is -2.48. The van der Waals surface area contributed by atoms with E-state index in [0.717, 1.165) is 12.1 Å². The van der Waals surface area contributed by atoms with Gasteiger partial charge in [0.1, 0.15) is 11.9 Å². The van der Waals surface area contributed by atoms with E-state index in [-0.39, 0.29) is 11.3 Å². The minimum Gasteiger partial charge on any atom is -0.466 e. The van der Waals surface area contributed by atoms with Crippen LogP contribution < -0.4 is 5.01 Å². The molecule has 2 aromatic rings. The molecule has 28 heavy (non-hydrogen) atoms. The number of benzene rings is 2. The normalized spacial score (nSPS) is 17.5. The van der Waals surface area contributed by atoms with Crippen molar-refractivity contribution in [2.24, 2.45) is 0 Å². The summed E-state index contributed by atoms with van der Waals surface area (Å²) < 4.78 is 23.2. The number of nitrogens with zero attached hydrogens (tertiary/aromatic N) is 2. The highest BCUT2D eigenvalue weighted by Crippen LogP contribution is 2.48. The molecule has 142 valence electrons. The van der Waals surface area contributed by atoms with Crippen LogP contribution in [0.4, 0.5) is 10.1 Å². The number of methoxy groups -OCH3 is 2. The lowest BCUT2D eigenvalue weighted by atomic mass is 9.93. The maximum atomic E-state index is 13.4. The summed E-state index contributed by atoms with van der Waals surface area (Å²) in [5.41, 5.74) is 1.08. The summed E-state index contributed by atoms with van der Waals surface area (Å²) in [7, 11) is 2.35. The van der Waals surface area contributed by atoms with Gasteiger partial charge in [0, 0.05) is 5.56 Å². The number of hydrazine groups is 1. The smallest absolute Gasteiger partial charge is 0.357 e. The van der Waals surface area contributed by atoms with Gasteiger partial charge in [0.25, 0.3) is 5.91 Å². The average Bonchev–Trinajstić information content (AvgIpc) is 3.03. The molecule has 0 fully saturated rings. The summed E-state index contributed by atoms with van der Waals surface area (Å²) in [6.45, 7) is 0. The van der Waals surface area contributed by atoms with Crippen LogP contribution in [-0.4, -0.2) is 37.1 Å². The standard InChI is InChI=1S/C20H15FN2O5/c1-27-19(25)15-16-13-5-3-4-6-14(13)18(24)23(17(15)20(26)28-2)22(16)12-9-7-11(21)8-10-12/h3-10,16H,1-2H3. The predicted molar refractivity (Wildman–Crippen MR) is 95.3 cm³/mol. The van der Waals surface area contributed by atoms with Gasteiger partial charge in [-0.3, -0.25) is 9.80 Å². The van der Waals surface area contributed by atoms with Gasteiger partial charge in [-0.1, -0.05) is 18.2 Å². The monoisotopic (exact) mass is 382 g/mol. The number of rotatable bonds is 3. The summed E-state index contributed by atoms with van der Waals surface area (Å²) in [5.74, 6) is -2.57. The zero-order valence-electron chi connectivity index (χ0n) is 15.0. The summed E-state index contributed by atoms with van der Waals surface area (Å²) >= 11 is 0. The lowest BCUT2D eigenvalue weighted by Gasteiger charge is -2.40. The van der Waals surface area contributed by atoms with Crippen molar-refractivity contribution < 1.29 is 28.2 Å². The lowest BCUT2D eigenvalue weighted by molar-refractivity contribution is -0.140. The van der Waals surface area contributed by atoms with Crippen LogP contribution in [0, 0.1) is 5.82 Å². The second-order valence-electron chi connectivity index (χ2n) is 6.17. The maximum Gasteiger partial charge on any atom is 0.357 e. The number of amides is 1. The topological polar surface area (TPSA) is 76.2 Å². The molecule has 2 aromatic carbocycles. The van der Waals surface area contributed by atoms with Crippen LogP contribution in [0.15, 0.2) is 59.8 Å². The van der Waals surface area contributed by atoms with Crippen molar-refractivity contribution in [3.63, 3.8) is 0 Å². The number of hydrogen-bond acceptors (Lipinski definition) is 6. The highest BCUT2D eigenvalue weighted by Gasteiger charge is 2.53. The molecule has 1 unspecified atom stereocenters. The molecule has 2 aliphatic heterocycles. The fourth-order valence-corrected chi connectivity index (χ4v) is 3.59. The zero-order chi connectivity index (χ0) is 20.0. The first kappa shape index (κ1) is 17.7. The minimum absolute atomic E-state index is 0.0167. The van der Waals surface area contributed by atoms with Crippen LogP contribution in [0.3, 0.4) is 0 Å². The Labute approximate surface area is 159 Å². The summed E-state index contributed by atoms with van der Waals surface area (Å²) in [6, 6.07) is 11.3. The zero-order valence-corrected chi connectivity index (χ0v) is 15.0. The van der Waals surface area contributed by atoms with E-state index in [0.29, 0.717) is 16.8 Å². The molecular formula is C20H15FN2O5. The third-order valence-corrected chi connectivity index (χ3v) is 4.75. The molecule has 4 rings (SSSR count). The first-order chi connectivity index (χ1) is 13.5. The summed E-state index contributed by atoms with van der Waals surface area (Å²) in [6.07, 6.45) is 0. The van der Waals surface area contributed by atoms with Crippen molar-refractivity contribution >= 4 is 23.5 Å². The fourth-order valence-electron chi connectivity index (χ4n) is 3.59. The molecule has 0 spiro atoms. The van der Waals surface area contributed by atoms with Crippen LogP contribution in [0.1, 0.15) is 22.0 Å². The molecule has 8 heteroatoms. The van der Waals surface area contributed by atoms with Gasteiger partial charge in [-0.05, 0) is 35.9 Å². The molecule has 0 radical (unpaired) electrons. The molecule has 0 saturated carbocycles. The second kappa shape index (κ2) is 6.49. The Kier molecular flexibility index (Phi) is 4.11. The molecule has 1 amide bonds. The number of anilines is 1. The summed E-state index contributed by atoms with van der Waals surface area (Å²) in [4.78, 5) is 38.4. The van der Waals surface area contributed by atoms with Crippen molar-refractivity contribution in [1.82, 2.24) is 5.01 Å². The van der Waals surface area contributed by atoms with E-state index in [1.54, 1.807) is 24.3 Å². The van der Waals surface area contributed by atoms with Crippen LogP contribution in [0.5, 0.6) is 0 Å². The molecule has 0 aliphatic carbocycles. The van der Waals surface area contributed by atoms with Crippen molar-refractivity contribution in [2.75, 3.05) is 19.2 Å². The molecule has 0 saturated heterocycles. The van der Waals surface area contributed by atoms with E-state index >= 15 is 0 Å². The van der Waals surface area contributed by atoms with Crippen LogP contribution in [0.25, 0.3) is 0 Å². The molecule has 0 aromatic heterocycles. The van der Waals surface area contributed by atoms with Gasteiger partial charge in [0.05, 0.1) is 25.5 Å². The molecule has 2 bridgehead atoms. The number of ether oxygens (including phenoxy) is 2. The van der Waals surface area contributed by atoms with Crippen LogP contribution in [-0.2, 0) is 19.1 Å². The quantitative estimate of drug-likeness (QED) is 0.759. The minimum atomic E-state index is -0.851. The van der Waals surface area contributed by atoms with Gasteiger partial charge in [-0.25, -0.2) is 19.0 Å². The highest BCUT2D eigenvalue weighted by molar-refractivity contribution is 6.12. The Morgan fingerprint density at radius 2 is 1.61 bits per heavy atom. The maximum absolute atomic E-state index is 13.4. The van der Waals surface area contributed by atoms with Gasteiger partial charge in [-0.15, -0.1) is 0 Å². The Hall–Kier alpha value is -3.68. The largest absolute Gasteiger partial charge is 0.466 e. The van der Waals surface area contributed by atoms with E-state index in [1.165, 1.54) is 36.4 Å². The first-order valence-electron chi connectivity index (χ1n) is 8.38.